The molecule has 77 heavy (non-hydrogen) atoms. The van der Waals surface area contributed by atoms with Gasteiger partial charge in [-0.25, -0.2) is 0 Å². The van der Waals surface area contributed by atoms with Crippen molar-refractivity contribution in [2.75, 3.05) is 13.2 Å². The highest BCUT2D eigenvalue weighted by atomic mass is 16.5. The number of carbonyl (C=O) groups is 2. The third kappa shape index (κ3) is 63.1. The van der Waals surface area contributed by atoms with Crippen molar-refractivity contribution in [2.24, 2.45) is 0 Å². The summed E-state index contributed by atoms with van der Waals surface area (Å²) in [6.45, 7) is 4.94. The molecule has 2 unspecified atom stereocenters. The molecule has 6 heteroatoms. The number of hydrogen-bond acceptors (Lipinski definition) is 5. The van der Waals surface area contributed by atoms with Gasteiger partial charge in [0.2, 0.25) is 5.91 Å². The zero-order chi connectivity index (χ0) is 55.7. The number of esters is 1. The lowest BCUT2D eigenvalue weighted by Gasteiger charge is -2.22. The first-order chi connectivity index (χ1) is 38.0. The Balaban J connectivity index is 3.44. The van der Waals surface area contributed by atoms with Crippen molar-refractivity contribution < 1.29 is 24.5 Å². The number of nitrogens with one attached hydrogen (secondary N) is 1. The van der Waals surface area contributed by atoms with Crippen LogP contribution in [0.5, 0.6) is 0 Å². The summed E-state index contributed by atoms with van der Waals surface area (Å²) in [5.41, 5.74) is 0. The van der Waals surface area contributed by atoms with E-state index in [1.165, 1.54) is 295 Å². The molecule has 0 saturated heterocycles. The molecule has 0 aromatic heterocycles. The molecule has 0 heterocycles. The van der Waals surface area contributed by atoms with Crippen LogP contribution in [0.3, 0.4) is 0 Å². The van der Waals surface area contributed by atoms with Crippen molar-refractivity contribution in [2.45, 2.75) is 392 Å². The molecule has 3 N–H and O–H groups in total. The maximum atomic E-state index is 12.5. The first-order valence-electron chi connectivity index (χ1n) is 34.7. The summed E-state index contributed by atoms with van der Waals surface area (Å²) in [5, 5.41) is 23.4. The molecule has 0 radical (unpaired) electrons. The van der Waals surface area contributed by atoms with Gasteiger partial charge in [0.15, 0.2) is 0 Å². The summed E-state index contributed by atoms with van der Waals surface area (Å²) in [6, 6.07) is -0.548. The zero-order valence-corrected chi connectivity index (χ0v) is 52.0. The highest BCUT2D eigenvalue weighted by Gasteiger charge is 2.20. The maximum Gasteiger partial charge on any atom is 0.305 e. The first-order valence-corrected chi connectivity index (χ1v) is 34.7. The molecular weight excluding hydrogens is 947 g/mol. The van der Waals surface area contributed by atoms with Crippen LogP contribution in [-0.2, 0) is 14.3 Å². The number of amides is 1. The van der Waals surface area contributed by atoms with E-state index in [4.69, 9.17) is 4.74 Å². The van der Waals surface area contributed by atoms with Crippen LogP contribution in [0.15, 0.2) is 36.5 Å². The number of unbranched alkanes of at least 4 members (excludes halogenated alkanes) is 48. The predicted octanol–water partition coefficient (Wildman–Crippen LogP) is 22.3. The van der Waals surface area contributed by atoms with Crippen molar-refractivity contribution in [3.8, 4) is 0 Å². The van der Waals surface area contributed by atoms with Gasteiger partial charge >= 0.3 is 5.97 Å². The van der Waals surface area contributed by atoms with Crippen molar-refractivity contribution in [3.05, 3.63) is 36.5 Å². The Kier molecular flexibility index (Phi) is 64.9. The number of carbonyl (C=O) groups excluding carboxylic acids is 2. The van der Waals surface area contributed by atoms with E-state index in [1.54, 1.807) is 0 Å². The van der Waals surface area contributed by atoms with Crippen LogP contribution in [0, 0.1) is 0 Å². The van der Waals surface area contributed by atoms with Gasteiger partial charge in [-0.1, -0.05) is 326 Å². The van der Waals surface area contributed by atoms with E-state index in [2.05, 4.69) is 55.6 Å². The fraction of sp³-hybridized carbons (Fsp3) is 0.887. The van der Waals surface area contributed by atoms with Gasteiger partial charge in [-0.2, -0.15) is 0 Å². The molecule has 0 aromatic carbocycles. The number of aliphatic hydroxyl groups excluding tert-OH is 2. The van der Waals surface area contributed by atoms with Crippen molar-refractivity contribution in [1.29, 1.82) is 0 Å². The summed E-state index contributed by atoms with van der Waals surface area (Å²) in [6.07, 6.45) is 84.7. The highest BCUT2D eigenvalue weighted by Crippen LogP contribution is 2.18. The largest absolute Gasteiger partial charge is 0.466 e. The summed E-state index contributed by atoms with van der Waals surface area (Å²) in [7, 11) is 0. The van der Waals surface area contributed by atoms with Crippen molar-refractivity contribution in [3.63, 3.8) is 0 Å². The second kappa shape index (κ2) is 66.6. The van der Waals surface area contributed by atoms with E-state index in [-0.39, 0.29) is 18.5 Å². The molecule has 6 nitrogen and oxygen atoms in total. The first kappa shape index (κ1) is 75.1. The number of hydrogen-bond donors (Lipinski definition) is 3. The smallest absolute Gasteiger partial charge is 0.305 e. The monoisotopic (exact) mass is 1080 g/mol. The number of allylic oxidation sites excluding steroid dienone is 6. The Morgan fingerprint density at radius 2 is 0.662 bits per heavy atom. The molecule has 0 spiro atoms. The molecule has 0 aliphatic rings. The normalized spacial score (nSPS) is 12.7. The quantitative estimate of drug-likeness (QED) is 0.0320. The minimum absolute atomic E-state index is 0.00170. The molecule has 2 atom stereocenters. The Labute approximate surface area is 481 Å². The van der Waals surface area contributed by atoms with Crippen molar-refractivity contribution in [1.82, 2.24) is 5.32 Å². The van der Waals surface area contributed by atoms with Gasteiger partial charge in [0, 0.05) is 12.8 Å². The van der Waals surface area contributed by atoms with Gasteiger partial charge in [-0.05, 0) is 77.0 Å². The highest BCUT2D eigenvalue weighted by molar-refractivity contribution is 5.76. The standard InChI is InChI=1S/C71H135NO5/c1-3-5-7-9-11-13-15-16-17-18-19-20-21-25-28-31-34-37-40-44-47-51-55-59-63-69(74)68(67-73)72-70(75)64-60-56-52-48-45-41-38-35-32-29-26-23-22-24-27-30-33-36-39-42-46-50-54-58-62-66-77-71(76)65-61-57-53-49-43-14-12-10-8-6-4-2/h10,12,23-24,26-27,68-69,73-74H,3-9,11,13-22,25,28-67H2,1-2H3,(H,72,75)/b12-10-,26-23-,27-24-. The minimum Gasteiger partial charge on any atom is -0.466 e. The summed E-state index contributed by atoms with van der Waals surface area (Å²) in [5.74, 6) is -0.0388. The average molecular weight is 1080 g/mol. The molecule has 1 amide bonds. The van der Waals surface area contributed by atoms with Crippen LogP contribution in [0.1, 0.15) is 380 Å². The molecule has 0 aliphatic heterocycles. The van der Waals surface area contributed by atoms with Crippen LogP contribution in [0.25, 0.3) is 0 Å². The van der Waals surface area contributed by atoms with E-state index in [0.717, 1.165) is 51.4 Å². The molecule has 0 rings (SSSR count). The van der Waals surface area contributed by atoms with Crippen LogP contribution >= 0.6 is 0 Å². The predicted molar refractivity (Wildman–Crippen MR) is 338 cm³/mol. The number of rotatable bonds is 65. The molecule has 0 aromatic rings. The Bertz CT molecular complexity index is 1250. The van der Waals surface area contributed by atoms with Crippen LogP contribution in [-0.4, -0.2) is 47.4 Å². The second-order valence-corrected chi connectivity index (χ2v) is 23.9. The zero-order valence-electron chi connectivity index (χ0n) is 52.0. The molecule has 0 aliphatic carbocycles. The Hall–Kier alpha value is -1.92. The number of ether oxygens (including phenoxy) is 1. The summed E-state index contributed by atoms with van der Waals surface area (Å²) in [4.78, 5) is 24.5. The van der Waals surface area contributed by atoms with E-state index in [9.17, 15) is 19.8 Å². The van der Waals surface area contributed by atoms with Gasteiger partial charge in [0.1, 0.15) is 0 Å². The van der Waals surface area contributed by atoms with Crippen LogP contribution < -0.4 is 5.32 Å². The SMILES string of the molecule is CCCC/C=C\CCCCCCCC(=O)OCCCCCCCCCCC/C=C\C/C=C\CCCCCCCCCCCC(=O)NC(CO)C(O)CCCCCCCCCCCCCCCCCCCCCCCCCC. The van der Waals surface area contributed by atoms with Gasteiger partial charge in [0.05, 0.1) is 25.4 Å². The van der Waals surface area contributed by atoms with Crippen molar-refractivity contribution >= 4 is 11.9 Å². The summed E-state index contributed by atoms with van der Waals surface area (Å²) >= 11 is 0. The molecule has 0 fully saturated rings. The average Bonchev–Trinajstić information content (AvgIpc) is 3.43. The van der Waals surface area contributed by atoms with E-state index in [1.807, 2.05) is 0 Å². The van der Waals surface area contributed by atoms with E-state index >= 15 is 0 Å². The Morgan fingerprint density at radius 3 is 1.04 bits per heavy atom. The van der Waals surface area contributed by atoms with Gasteiger partial charge in [-0.15, -0.1) is 0 Å². The molecular formula is C71H135NO5. The minimum atomic E-state index is -0.670. The van der Waals surface area contributed by atoms with Crippen LogP contribution in [0.2, 0.25) is 0 Å². The van der Waals surface area contributed by atoms with Gasteiger partial charge < -0.3 is 20.3 Å². The third-order valence-electron chi connectivity index (χ3n) is 16.2. The molecule has 0 bridgehead atoms. The lowest BCUT2D eigenvalue weighted by Crippen LogP contribution is -2.45. The summed E-state index contributed by atoms with van der Waals surface area (Å²) < 4.78 is 5.46. The van der Waals surface area contributed by atoms with Crippen LogP contribution in [0.4, 0.5) is 0 Å². The van der Waals surface area contributed by atoms with Gasteiger partial charge in [-0.3, -0.25) is 9.59 Å². The fourth-order valence-electron chi connectivity index (χ4n) is 10.8. The third-order valence-corrected chi connectivity index (χ3v) is 16.2. The Morgan fingerprint density at radius 1 is 0.364 bits per heavy atom. The van der Waals surface area contributed by atoms with E-state index in [0.29, 0.717) is 25.9 Å². The lowest BCUT2D eigenvalue weighted by molar-refractivity contribution is -0.143. The second-order valence-electron chi connectivity index (χ2n) is 23.9. The van der Waals surface area contributed by atoms with Gasteiger partial charge in [0.25, 0.3) is 0 Å². The molecule has 454 valence electrons. The lowest BCUT2D eigenvalue weighted by atomic mass is 10.0. The topological polar surface area (TPSA) is 95.9 Å². The molecule has 0 saturated carbocycles. The van der Waals surface area contributed by atoms with E-state index < -0.39 is 12.1 Å². The number of aliphatic hydroxyl groups is 2. The maximum absolute atomic E-state index is 12.5. The fourth-order valence-corrected chi connectivity index (χ4v) is 10.8.